The Hall–Kier alpha value is -1.58. The highest BCUT2D eigenvalue weighted by Gasteiger charge is 2.13. The molecule has 0 fully saturated rings. The number of hydrogen-bond donors (Lipinski definition) is 2. The minimum atomic E-state index is -0.133. The number of rotatable bonds is 5. The van der Waals surface area contributed by atoms with Gasteiger partial charge in [0, 0.05) is 12.2 Å². The number of carbonyl (C=O) groups excluding carboxylic acids is 1. The summed E-state index contributed by atoms with van der Waals surface area (Å²) in [6.07, 6.45) is 4.55. The maximum Gasteiger partial charge on any atom is 0.255 e. The molecule has 0 aliphatic carbocycles. The van der Waals surface area contributed by atoms with Crippen molar-refractivity contribution in [1.82, 2.24) is 10.3 Å². The average Bonchev–Trinajstić information content (AvgIpc) is 2.28. The molecule has 4 heteroatoms. The maximum atomic E-state index is 11.9. The zero-order valence-electron chi connectivity index (χ0n) is 9.86. The third-order valence-electron chi connectivity index (χ3n) is 2.55. The number of aromatic nitrogens is 1. The number of pyridine rings is 1. The Kier molecular flexibility index (Phi) is 4.76. The van der Waals surface area contributed by atoms with Crippen LogP contribution in [0.3, 0.4) is 0 Å². The smallest absolute Gasteiger partial charge is 0.255 e. The first-order valence-corrected chi connectivity index (χ1v) is 5.70. The van der Waals surface area contributed by atoms with Gasteiger partial charge >= 0.3 is 0 Å². The van der Waals surface area contributed by atoms with Gasteiger partial charge in [-0.1, -0.05) is 20.3 Å². The predicted molar refractivity (Wildman–Crippen MR) is 65.1 cm³/mol. The maximum absolute atomic E-state index is 11.9. The van der Waals surface area contributed by atoms with Crippen LogP contribution in [0.25, 0.3) is 0 Å². The van der Waals surface area contributed by atoms with Gasteiger partial charge in [-0.2, -0.15) is 0 Å². The summed E-state index contributed by atoms with van der Waals surface area (Å²) < 4.78 is 0. The van der Waals surface area contributed by atoms with Gasteiger partial charge in [0.05, 0.1) is 5.56 Å². The highest BCUT2D eigenvalue weighted by Crippen LogP contribution is 2.08. The lowest BCUT2D eigenvalue weighted by Gasteiger charge is -2.16. The van der Waals surface area contributed by atoms with Crippen molar-refractivity contribution in [3.63, 3.8) is 0 Å². The topological polar surface area (TPSA) is 68.0 Å². The fourth-order valence-corrected chi connectivity index (χ4v) is 1.60. The first kappa shape index (κ1) is 12.5. The molecule has 0 aliphatic heterocycles. The summed E-state index contributed by atoms with van der Waals surface area (Å²) in [6.45, 7) is 4.17. The predicted octanol–water partition coefficient (Wildman–Crippen LogP) is 1.97. The Morgan fingerprint density at radius 3 is 2.88 bits per heavy atom. The van der Waals surface area contributed by atoms with Crippen molar-refractivity contribution in [1.29, 1.82) is 0 Å². The third-order valence-corrected chi connectivity index (χ3v) is 2.55. The molecule has 88 valence electrons. The molecule has 1 aromatic heterocycles. The van der Waals surface area contributed by atoms with Crippen LogP contribution < -0.4 is 11.1 Å². The van der Waals surface area contributed by atoms with Crippen molar-refractivity contribution in [2.24, 2.45) is 0 Å². The van der Waals surface area contributed by atoms with Crippen molar-refractivity contribution in [2.45, 2.75) is 39.2 Å². The Bertz CT molecular complexity index is 352. The largest absolute Gasteiger partial charge is 0.383 e. The summed E-state index contributed by atoms with van der Waals surface area (Å²) >= 11 is 0. The summed E-state index contributed by atoms with van der Waals surface area (Å²) in [5.41, 5.74) is 6.10. The van der Waals surface area contributed by atoms with Gasteiger partial charge in [-0.25, -0.2) is 4.98 Å². The minimum Gasteiger partial charge on any atom is -0.383 e. The Morgan fingerprint density at radius 2 is 2.31 bits per heavy atom. The first-order chi connectivity index (χ1) is 7.69. The second-order valence-electron chi connectivity index (χ2n) is 3.80. The number of amides is 1. The molecule has 16 heavy (non-hydrogen) atoms. The van der Waals surface area contributed by atoms with Crippen LogP contribution in [-0.2, 0) is 0 Å². The highest BCUT2D eigenvalue weighted by atomic mass is 16.1. The van der Waals surface area contributed by atoms with E-state index in [0.717, 1.165) is 19.3 Å². The van der Waals surface area contributed by atoms with E-state index in [9.17, 15) is 4.79 Å². The standard InChI is InChI=1S/C12H19N3O/c1-3-6-9(4-2)15-12(16)10-7-5-8-14-11(10)13/h5,7-9H,3-4,6H2,1-2H3,(H2,13,14)(H,15,16). The van der Waals surface area contributed by atoms with Crippen molar-refractivity contribution in [3.8, 4) is 0 Å². The van der Waals surface area contributed by atoms with Crippen LogP contribution >= 0.6 is 0 Å². The molecule has 0 spiro atoms. The van der Waals surface area contributed by atoms with E-state index >= 15 is 0 Å². The molecule has 0 aromatic carbocycles. The van der Waals surface area contributed by atoms with E-state index in [0.29, 0.717) is 5.56 Å². The Balaban J connectivity index is 2.68. The number of anilines is 1. The number of hydrogen-bond acceptors (Lipinski definition) is 3. The summed E-state index contributed by atoms with van der Waals surface area (Å²) in [7, 11) is 0. The third kappa shape index (κ3) is 3.22. The van der Waals surface area contributed by atoms with E-state index in [1.807, 2.05) is 0 Å². The van der Waals surface area contributed by atoms with Gasteiger partial charge in [0.1, 0.15) is 5.82 Å². The van der Waals surface area contributed by atoms with Crippen LogP contribution in [0.2, 0.25) is 0 Å². The number of nitrogens with two attached hydrogens (primary N) is 1. The lowest BCUT2D eigenvalue weighted by atomic mass is 10.1. The van der Waals surface area contributed by atoms with Crippen LogP contribution in [0, 0.1) is 0 Å². The van der Waals surface area contributed by atoms with Gasteiger partial charge < -0.3 is 11.1 Å². The lowest BCUT2D eigenvalue weighted by Crippen LogP contribution is -2.34. The molecule has 1 aromatic rings. The number of nitrogen functional groups attached to an aromatic ring is 1. The van der Waals surface area contributed by atoms with Crippen molar-refractivity contribution in [3.05, 3.63) is 23.9 Å². The van der Waals surface area contributed by atoms with Crippen LogP contribution in [0.5, 0.6) is 0 Å². The normalized spacial score (nSPS) is 12.1. The van der Waals surface area contributed by atoms with E-state index in [-0.39, 0.29) is 17.8 Å². The summed E-state index contributed by atoms with van der Waals surface area (Å²) in [5, 5.41) is 2.97. The molecule has 3 N–H and O–H groups in total. The van der Waals surface area contributed by atoms with Crippen LogP contribution in [0.15, 0.2) is 18.3 Å². The number of carbonyl (C=O) groups is 1. The van der Waals surface area contributed by atoms with E-state index in [4.69, 9.17) is 5.73 Å². The van der Waals surface area contributed by atoms with Crippen LogP contribution in [0.1, 0.15) is 43.5 Å². The zero-order valence-corrected chi connectivity index (χ0v) is 9.86. The molecule has 1 atom stereocenters. The van der Waals surface area contributed by atoms with Gasteiger partial charge in [-0.05, 0) is 25.0 Å². The summed E-state index contributed by atoms with van der Waals surface area (Å²) in [6, 6.07) is 3.62. The zero-order chi connectivity index (χ0) is 12.0. The molecule has 1 amide bonds. The quantitative estimate of drug-likeness (QED) is 0.798. The van der Waals surface area contributed by atoms with Crippen LogP contribution in [0.4, 0.5) is 5.82 Å². The second kappa shape index (κ2) is 6.10. The first-order valence-electron chi connectivity index (χ1n) is 5.70. The van der Waals surface area contributed by atoms with E-state index in [2.05, 4.69) is 24.1 Å². The molecular formula is C12H19N3O. The minimum absolute atomic E-state index is 0.133. The molecule has 0 saturated carbocycles. The van der Waals surface area contributed by atoms with Crippen LogP contribution in [-0.4, -0.2) is 16.9 Å². The van der Waals surface area contributed by atoms with Crippen molar-refractivity contribution < 1.29 is 4.79 Å². The fourth-order valence-electron chi connectivity index (χ4n) is 1.60. The molecular weight excluding hydrogens is 202 g/mol. The molecule has 0 saturated heterocycles. The van der Waals surface area contributed by atoms with Crippen molar-refractivity contribution in [2.75, 3.05) is 5.73 Å². The van der Waals surface area contributed by atoms with Gasteiger partial charge in [0.15, 0.2) is 0 Å². The lowest BCUT2D eigenvalue weighted by molar-refractivity contribution is 0.0934. The molecule has 1 rings (SSSR count). The second-order valence-corrected chi connectivity index (χ2v) is 3.80. The summed E-state index contributed by atoms with van der Waals surface area (Å²) in [5.74, 6) is 0.150. The number of nitrogens with one attached hydrogen (secondary N) is 1. The molecule has 1 unspecified atom stereocenters. The van der Waals surface area contributed by atoms with Crippen molar-refractivity contribution >= 4 is 11.7 Å². The van der Waals surface area contributed by atoms with Gasteiger partial charge in [0.2, 0.25) is 0 Å². The van der Waals surface area contributed by atoms with E-state index in [1.165, 1.54) is 0 Å². The molecule has 0 aliphatic rings. The average molecular weight is 221 g/mol. The van der Waals surface area contributed by atoms with E-state index in [1.54, 1.807) is 18.3 Å². The molecule has 1 heterocycles. The Morgan fingerprint density at radius 1 is 1.56 bits per heavy atom. The molecule has 0 radical (unpaired) electrons. The SMILES string of the molecule is CCCC(CC)NC(=O)c1cccnc1N. The van der Waals surface area contributed by atoms with Gasteiger partial charge in [0.25, 0.3) is 5.91 Å². The van der Waals surface area contributed by atoms with Gasteiger partial charge in [-0.15, -0.1) is 0 Å². The summed E-state index contributed by atoms with van der Waals surface area (Å²) in [4.78, 5) is 15.8. The molecule has 4 nitrogen and oxygen atoms in total. The van der Waals surface area contributed by atoms with E-state index < -0.39 is 0 Å². The molecule has 0 bridgehead atoms. The fraction of sp³-hybridized carbons (Fsp3) is 0.500. The Labute approximate surface area is 96.3 Å². The monoisotopic (exact) mass is 221 g/mol. The highest BCUT2D eigenvalue weighted by molar-refractivity contribution is 5.98. The number of nitrogens with zero attached hydrogens (tertiary/aromatic N) is 1. The van der Waals surface area contributed by atoms with Gasteiger partial charge in [-0.3, -0.25) is 4.79 Å².